The molecule has 1 saturated heterocycles. The van der Waals surface area contributed by atoms with Crippen LogP contribution < -0.4 is 4.90 Å². The van der Waals surface area contributed by atoms with Crippen LogP contribution in [0.4, 0.5) is 5.69 Å². The van der Waals surface area contributed by atoms with Gasteiger partial charge >= 0.3 is 0 Å². The molecule has 0 aromatic heterocycles. The van der Waals surface area contributed by atoms with Crippen LogP contribution in [0.2, 0.25) is 0 Å². The number of amides is 2. The lowest BCUT2D eigenvalue weighted by atomic mass is 10.0. The van der Waals surface area contributed by atoms with Gasteiger partial charge in [0.2, 0.25) is 11.8 Å². The number of hydrogen-bond donors (Lipinski definition) is 0. The van der Waals surface area contributed by atoms with Crippen LogP contribution in [0, 0.1) is 12.8 Å². The highest BCUT2D eigenvalue weighted by Gasteiger charge is 2.36. The number of anilines is 1. The van der Waals surface area contributed by atoms with Crippen LogP contribution in [-0.2, 0) is 16.1 Å². The van der Waals surface area contributed by atoms with Crippen molar-refractivity contribution < 1.29 is 9.59 Å². The van der Waals surface area contributed by atoms with E-state index in [9.17, 15) is 9.59 Å². The van der Waals surface area contributed by atoms with Gasteiger partial charge in [0.25, 0.3) is 0 Å². The first kappa shape index (κ1) is 18.2. The maximum atomic E-state index is 13.1. The molecule has 4 rings (SSSR count). The Hall–Kier alpha value is -3.14. The van der Waals surface area contributed by atoms with Crippen LogP contribution in [0.3, 0.4) is 0 Å². The molecule has 0 aliphatic carbocycles. The fourth-order valence-corrected chi connectivity index (χ4v) is 3.90. The number of rotatable bonds is 4. The first-order chi connectivity index (χ1) is 13.5. The molecule has 0 spiro atoms. The second-order valence-electron chi connectivity index (χ2n) is 7.56. The van der Waals surface area contributed by atoms with Gasteiger partial charge in [-0.2, -0.15) is 0 Å². The monoisotopic (exact) mass is 372 g/mol. The smallest absolute Gasteiger partial charge is 0.232 e. The predicted molar refractivity (Wildman–Crippen MR) is 112 cm³/mol. The lowest BCUT2D eigenvalue weighted by Gasteiger charge is -2.23. The third-order valence-electron chi connectivity index (χ3n) is 5.52. The minimum absolute atomic E-state index is 0.00360. The molecule has 28 heavy (non-hydrogen) atoms. The van der Waals surface area contributed by atoms with Crippen molar-refractivity contribution in [2.24, 2.45) is 5.92 Å². The molecule has 0 radical (unpaired) electrons. The molecule has 3 aromatic carbocycles. The minimum atomic E-state index is -0.304. The Kier molecular flexibility index (Phi) is 4.86. The maximum Gasteiger partial charge on any atom is 0.232 e. The molecule has 3 aromatic rings. The van der Waals surface area contributed by atoms with Crippen molar-refractivity contribution in [2.75, 3.05) is 18.5 Å². The van der Waals surface area contributed by atoms with Crippen molar-refractivity contribution in [3.63, 3.8) is 0 Å². The Morgan fingerprint density at radius 3 is 2.54 bits per heavy atom. The summed E-state index contributed by atoms with van der Waals surface area (Å²) in [5.41, 5.74) is 3.17. The second-order valence-corrected chi connectivity index (χ2v) is 7.56. The largest absolute Gasteiger partial charge is 0.338 e. The van der Waals surface area contributed by atoms with Gasteiger partial charge in [-0.25, -0.2) is 0 Å². The van der Waals surface area contributed by atoms with Gasteiger partial charge in [-0.05, 0) is 23.9 Å². The summed E-state index contributed by atoms with van der Waals surface area (Å²) in [5.74, 6) is -0.261. The number of nitrogens with zero attached hydrogens (tertiary/aromatic N) is 2. The van der Waals surface area contributed by atoms with Gasteiger partial charge in [-0.3, -0.25) is 9.59 Å². The number of fused-ring (bicyclic) bond motifs is 1. The van der Waals surface area contributed by atoms with Gasteiger partial charge in [0.1, 0.15) is 0 Å². The summed E-state index contributed by atoms with van der Waals surface area (Å²) in [7, 11) is 1.80. The average Bonchev–Trinajstić information content (AvgIpc) is 3.08. The normalized spacial score (nSPS) is 16.6. The Labute approximate surface area is 165 Å². The first-order valence-electron chi connectivity index (χ1n) is 9.61. The van der Waals surface area contributed by atoms with Crippen LogP contribution in [0.25, 0.3) is 10.8 Å². The molecule has 4 nitrogen and oxygen atoms in total. The van der Waals surface area contributed by atoms with E-state index in [1.165, 1.54) is 5.56 Å². The SMILES string of the molecule is Cc1ccc(CN2CC(C(=O)N(C)c3cccc4ccccc34)CC2=O)cc1. The minimum Gasteiger partial charge on any atom is -0.338 e. The van der Waals surface area contributed by atoms with E-state index in [0.29, 0.717) is 13.1 Å². The van der Waals surface area contributed by atoms with E-state index >= 15 is 0 Å². The lowest BCUT2D eigenvalue weighted by Crippen LogP contribution is -2.34. The molecule has 1 unspecified atom stereocenters. The van der Waals surface area contributed by atoms with Gasteiger partial charge in [-0.15, -0.1) is 0 Å². The van der Waals surface area contributed by atoms with Crippen LogP contribution in [0.1, 0.15) is 17.5 Å². The van der Waals surface area contributed by atoms with Gasteiger partial charge in [0.15, 0.2) is 0 Å². The topological polar surface area (TPSA) is 40.6 Å². The number of hydrogen-bond acceptors (Lipinski definition) is 2. The van der Waals surface area contributed by atoms with Crippen molar-refractivity contribution in [2.45, 2.75) is 19.9 Å². The highest BCUT2D eigenvalue weighted by Crippen LogP contribution is 2.29. The Balaban J connectivity index is 1.50. The van der Waals surface area contributed by atoms with Crippen LogP contribution in [0.15, 0.2) is 66.7 Å². The maximum absolute atomic E-state index is 13.1. The molecule has 0 N–H and O–H groups in total. The molecule has 1 aliphatic rings. The fraction of sp³-hybridized carbons (Fsp3) is 0.250. The van der Waals surface area contributed by atoms with Crippen molar-refractivity contribution in [1.82, 2.24) is 4.90 Å². The highest BCUT2D eigenvalue weighted by molar-refractivity contribution is 6.05. The first-order valence-corrected chi connectivity index (χ1v) is 9.61. The van der Waals surface area contributed by atoms with Gasteiger partial charge in [0, 0.05) is 31.9 Å². The Morgan fingerprint density at radius 2 is 1.75 bits per heavy atom. The van der Waals surface area contributed by atoms with E-state index in [1.807, 2.05) is 73.7 Å². The van der Waals surface area contributed by atoms with Crippen molar-refractivity contribution in [3.8, 4) is 0 Å². The van der Waals surface area contributed by atoms with Crippen molar-refractivity contribution in [1.29, 1.82) is 0 Å². The molecular formula is C24H24N2O2. The third kappa shape index (κ3) is 3.50. The van der Waals surface area contributed by atoms with Crippen LogP contribution >= 0.6 is 0 Å². The molecule has 1 atom stereocenters. The summed E-state index contributed by atoms with van der Waals surface area (Å²) in [6, 6.07) is 22.2. The Bertz CT molecular complexity index is 1020. The van der Waals surface area contributed by atoms with E-state index in [0.717, 1.165) is 22.0 Å². The van der Waals surface area contributed by atoms with E-state index in [4.69, 9.17) is 0 Å². The second kappa shape index (κ2) is 7.47. The zero-order valence-electron chi connectivity index (χ0n) is 16.3. The van der Waals surface area contributed by atoms with Crippen LogP contribution in [-0.4, -0.2) is 30.3 Å². The molecule has 4 heteroatoms. The zero-order valence-corrected chi connectivity index (χ0v) is 16.3. The van der Waals surface area contributed by atoms with Crippen LogP contribution in [0.5, 0.6) is 0 Å². The highest BCUT2D eigenvalue weighted by atomic mass is 16.2. The summed E-state index contributed by atoms with van der Waals surface area (Å²) in [6.07, 6.45) is 0.278. The summed E-state index contributed by atoms with van der Waals surface area (Å²) < 4.78 is 0. The lowest BCUT2D eigenvalue weighted by molar-refractivity contribution is -0.128. The van der Waals surface area contributed by atoms with E-state index in [1.54, 1.807) is 16.8 Å². The van der Waals surface area contributed by atoms with Gasteiger partial charge < -0.3 is 9.80 Å². The molecule has 1 aliphatic heterocycles. The summed E-state index contributed by atoms with van der Waals surface area (Å²) in [4.78, 5) is 29.1. The van der Waals surface area contributed by atoms with Crippen molar-refractivity contribution >= 4 is 28.3 Å². The van der Waals surface area contributed by atoms with Gasteiger partial charge in [-0.1, -0.05) is 66.2 Å². The molecule has 2 amide bonds. The van der Waals surface area contributed by atoms with E-state index in [-0.39, 0.29) is 24.2 Å². The number of benzene rings is 3. The van der Waals surface area contributed by atoms with Gasteiger partial charge in [0.05, 0.1) is 11.6 Å². The number of aryl methyl sites for hydroxylation is 1. The number of carbonyl (C=O) groups excluding carboxylic acids is 2. The number of likely N-dealkylation sites (tertiary alicyclic amines) is 1. The zero-order chi connectivity index (χ0) is 19.7. The fourth-order valence-electron chi connectivity index (χ4n) is 3.90. The molecular weight excluding hydrogens is 348 g/mol. The summed E-state index contributed by atoms with van der Waals surface area (Å²) >= 11 is 0. The summed E-state index contributed by atoms with van der Waals surface area (Å²) in [6.45, 7) is 3.07. The van der Waals surface area contributed by atoms with Crippen molar-refractivity contribution in [3.05, 3.63) is 77.9 Å². The molecule has 1 fully saturated rings. The predicted octanol–water partition coefficient (Wildman–Crippen LogP) is 4.16. The van der Waals surface area contributed by atoms with E-state index < -0.39 is 0 Å². The quantitative estimate of drug-likeness (QED) is 0.690. The molecule has 142 valence electrons. The molecule has 0 saturated carbocycles. The molecule has 0 bridgehead atoms. The molecule has 1 heterocycles. The Morgan fingerprint density at radius 1 is 1.04 bits per heavy atom. The number of carbonyl (C=O) groups is 2. The average molecular weight is 372 g/mol. The standard InChI is InChI=1S/C24H24N2O2/c1-17-10-12-18(13-11-17)15-26-16-20(14-23(26)27)24(28)25(2)22-9-5-7-19-6-3-4-8-21(19)22/h3-13,20H,14-16H2,1-2H3. The van der Waals surface area contributed by atoms with E-state index in [2.05, 4.69) is 0 Å². The third-order valence-corrected chi connectivity index (χ3v) is 5.52. The summed E-state index contributed by atoms with van der Waals surface area (Å²) in [5, 5.41) is 2.14.